The summed E-state index contributed by atoms with van der Waals surface area (Å²) in [7, 11) is 1.69. The van der Waals surface area contributed by atoms with Gasteiger partial charge in [-0.1, -0.05) is 19.9 Å². The first-order valence-electron chi connectivity index (χ1n) is 12.5. The van der Waals surface area contributed by atoms with Gasteiger partial charge in [-0.2, -0.15) is 5.26 Å². The molecule has 188 valence electrons. The fourth-order valence-electron chi connectivity index (χ4n) is 5.74. The highest BCUT2D eigenvalue weighted by Gasteiger charge is 2.43. The SMILES string of the molecule is COCCOCCN1CCN(c2cc3c(cc2Br)C(=O)C2=C(Cc4cc(C#N)ccc42)C3(C)C)CC1. The molecule has 0 bridgehead atoms. The van der Waals surface area contributed by atoms with Crippen molar-refractivity contribution in [3.05, 3.63) is 68.2 Å². The number of hydrogen-bond acceptors (Lipinski definition) is 6. The number of benzene rings is 2. The van der Waals surface area contributed by atoms with Crippen molar-refractivity contribution in [3.8, 4) is 6.07 Å². The number of allylic oxidation sites excluding steroid dienone is 2. The van der Waals surface area contributed by atoms with Gasteiger partial charge >= 0.3 is 0 Å². The molecule has 1 fully saturated rings. The number of anilines is 1. The van der Waals surface area contributed by atoms with Gasteiger partial charge < -0.3 is 14.4 Å². The zero-order valence-electron chi connectivity index (χ0n) is 21.2. The fourth-order valence-corrected chi connectivity index (χ4v) is 6.34. The minimum absolute atomic E-state index is 0.0910. The molecule has 0 radical (unpaired) electrons. The highest BCUT2D eigenvalue weighted by atomic mass is 79.9. The molecule has 2 aromatic carbocycles. The Labute approximate surface area is 221 Å². The topological polar surface area (TPSA) is 65.8 Å². The van der Waals surface area contributed by atoms with E-state index >= 15 is 0 Å². The van der Waals surface area contributed by atoms with E-state index < -0.39 is 0 Å². The lowest BCUT2D eigenvalue weighted by Crippen LogP contribution is -2.47. The van der Waals surface area contributed by atoms with Gasteiger partial charge in [0.05, 0.1) is 37.1 Å². The number of rotatable bonds is 7. The van der Waals surface area contributed by atoms with Gasteiger partial charge in [-0.05, 0) is 68.9 Å². The minimum atomic E-state index is -0.277. The van der Waals surface area contributed by atoms with E-state index in [0.717, 1.165) is 89.3 Å². The number of halogens is 1. The Morgan fingerprint density at radius 1 is 1.06 bits per heavy atom. The average Bonchev–Trinajstić information content (AvgIpc) is 3.27. The summed E-state index contributed by atoms with van der Waals surface area (Å²) in [5.41, 5.74) is 7.43. The number of methoxy groups -OCH3 is 1. The molecule has 2 aromatic rings. The summed E-state index contributed by atoms with van der Waals surface area (Å²) >= 11 is 3.79. The maximum Gasteiger partial charge on any atom is 0.193 e. The number of nitriles is 1. The molecule has 1 heterocycles. The van der Waals surface area contributed by atoms with Crippen LogP contribution in [0.3, 0.4) is 0 Å². The molecule has 36 heavy (non-hydrogen) atoms. The van der Waals surface area contributed by atoms with E-state index in [0.29, 0.717) is 18.8 Å². The summed E-state index contributed by atoms with van der Waals surface area (Å²) in [5, 5.41) is 9.34. The number of carbonyl (C=O) groups is 1. The van der Waals surface area contributed by atoms with Crippen molar-refractivity contribution in [2.75, 3.05) is 64.6 Å². The monoisotopic (exact) mass is 549 g/mol. The molecule has 7 heteroatoms. The molecule has 2 aliphatic carbocycles. The lowest BCUT2D eigenvalue weighted by molar-refractivity contribution is 0.0563. The number of Topliss-reactive ketones (excluding diaryl/α,β-unsaturated/α-hetero) is 1. The largest absolute Gasteiger partial charge is 0.382 e. The summed E-state index contributed by atoms with van der Waals surface area (Å²) in [6, 6.07) is 12.2. The van der Waals surface area contributed by atoms with Gasteiger partial charge in [-0.25, -0.2) is 0 Å². The number of ketones is 1. The smallest absolute Gasteiger partial charge is 0.193 e. The maximum absolute atomic E-state index is 13.8. The third kappa shape index (κ3) is 4.41. The molecule has 0 saturated carbocycles. The second-order valence-corrected chi connectivity index (χ2v) is 11.1. The van der Waals surface area contributed by atoms with Gasteiger partial charge in [0.25, 0.3) is 0 Å². The third-order valence-electron chi connectivity index (χ3n) is 7.86. The predicted octanol–water partition coefficient (Wildman–Crippen LogP) is 4.59. The van der Waals surface area contributed by atoms with Crippen LogP contribution in [-0.4, -0.2) is 70.3 Å². The Morgan fingerprint density at radius 2 is 1.83 bits per heavy atom. The Hall–Kier alpha value is -2.50. The minimum Gasteiger partial charge on any atom is -0.382 e. The Morgan fingerprint density at radius 3 is 2.56 bits per heavy atom. The fraction of sp³-hybridized carbons (Fsp3) is 0.448. The molecular formula is C29H32BrN3O3. The van der Waals surface area contributed by atoms with Crippen LogP contribution >= 0.6 is 15.9 Å². The average molecular weight is 550 g/mol. The highest BCUT2D eigenvalue weighted by molar-refractivity contribution is 9.10. The first-order valence-corrected chi connectivity index (χ1v) is 13.3. The van der Waals surface area contributed by atoms with E-state index in [1.165, 1.54) is 0 Å². The van der Waals surface area contributed by atoms with Crippen LogP contribution in [0.2, 0.25) is 0 Å². The van der Waals surface area contributed by atoms with Crippen molar-refractivity contribution in [2.45, 2.75) is 25.7 Å². The van der Waals surface area contributed by atoms with Crippen molar-refractivity contribution in [3.63, 3.8) is 0 Å². The molecule has 0 unspecified atom stereocenters. The summed E-state index contributed by atoms with van der Waals surface area (Å²) in [4.78, 5) is 18.6. The number of fused-ring (bicyclic) bond motifs is 3. The van der Waals surface area contributed by atoms with E-state index in [9.17, 15) is 10.1 Å². The maximum atomic E-state index is 13.8. The van der Waals surface area contributed by atoms with Crippen LogP contribution in [0.4, 0.5) is 5.69 Å². The van der Waals surface area contributed by atoms with Crippen LogP contribution in [0.15, 0.2) is 40.4 Å². The van der Waals surface area contributed by atoms with Crippen LogP contribution in [0.1, 0.15) is 46.5 Å². The van der Waals surface area contributed by atoms with Gasteiger partial charge in [0, 0.05) is 60.9 Å². The molecule has 1 aliphatic heterocycles. The Kier molecular flexibility index (Phi) is 7.06. The second-order valence-electron chi connectivity index (χ2n) is 10.3. The van der Waals surface area contributed by atoms with Gasteiger partial charge in [0.15, 0.2) is 5.78 Å². The molecule has 0 spiro atoms. The molecule has 5 rings (SSSR count). The van der Waals surface area contributed by atoms with E-state index in [-0.39, 0.29) is 11.2 Å². The van der Waals surface area contributed by atoms with Gasteiger partial charge in [-0.15, -0.1) is 0 Å². The van der Waals surface area contributed by atoms with E-state index in [1.807, 2.05) is 24.3 Å². The van der Waals surface area contributed by atoms with Gasteiger partial charge in [-0.3, -0.25) is 9.69 Å². The summed E-state index contributed by atoms with van der Waals surface area (Å²) in [5.74, 6) is 0.0910. The number of hydrogen-bond donors (Lipinski definition) is 0. The molecule has 0 N–H and O–H groups in total. The van der Waals surface area contributed by atoms with Crippen LogP contribution < -0.4 is 4.90 Å². The Balaban J connectivity index is 1.36. The second kappa shape index (κ2) is 10.1. The van der Waals surface area contributed by atoms with E-state index in [2.05, 4.69) is 51.7 Å². The predicted molar refractivity (Wildman–Crippen MR) is 145 cm³/mol. The van der Waals surface area contributed by atoms with Crippen molar-refractivity contribution in [2.24, 2.45) is 0 Å². The van der Waals surface area contributed by atoms with Crippen LogP contribution in [0.25, 0.3) is 5.57 Å². The number of ether oxygens (including phenoxy) is 2. The van der Waals surface area contributed by atoms with E-state index in [1.54, 1.807) is 7.11 Å². The van der Waals surface area contributed by atoms with Crippen LogP contribution in [-0.2, 0) is 21.3 Å². The summed E-state index contributed by atoms with van der Waals surface area (Å²) < 4.78 is 11.6. The molecule has 6 nitrogen and oxygen atoms in total. The molecule has 0 atom stereocenters. The van der Waals surface area contributed by atoms with Gasteiger partial charge in [0.2, 0.25) is 0 Å². The first-order chi connectivity index (χ1) is 17.3. The van der Waals surface area contributed by atoms with Crippen LogP contribution in [0, 0.1) is 11.3 Å². The zero-order chi connectivity index (χ0) is 25.4. The van der Waals surface area contributed by atoms with Crippen molar-refractivity contribution < 1.29 is 14.3 Å². The zero-order valence-corrected chi connectivity index (χ0v) is 22.8. The first kappa shape index (κ1) is 25.2. The third-order valence-corrected chi connectivity index (χ3v) is 8.49. The number of piperazine rings is 1. The summed E-state index contributed by atoms with van der Waals surface area (Å²) in [6.07, 6.45) is 0.717. The quantitative estimate of drug-likeness (QED) is 0.470. The number of nitrogens with zero attached hydrogens (tertiary/aromatic N) is 3. The molecule has 1 saturated heterocycles. The highest BCUT2D eigenvalue weighted by Crippen LogP contribution is 2.51. The molecule has 0 amide bonds. The lowest BCUT2D eigenvalue weighted by Gasteiger charge is -2.39. The van der Waals surface area contributed by atoms with E-state index in [4.69, 9.17) is 9.47 Å². The van der Waals surface area contributed by atoms with Crippen molar-refractivity contribution in [1.82, 2.24) is 4.90 Å². The normalized spacial score (nSPS) is 18.6. The number of carbonyl (C=O) groups excluding carboxylic acids is 1. The lowest BCUT2D eigenvalue weighted by atomic mass is 9.68. The molecule has 0 aromatic heterocycles. The summed E-state index contributed by atoms with van der Waals surface area (Å²) in [6.45, 7) is 11.2. The molecular weight excluding hydrogens is 518 g/mol. The molecule has 3 aliphatic rings. The van der Waals surface area contributed by atoms with Gasteiger partial charge in [0.1, 0.15) is 0 Å². The van der Waals surface area contributed by atoms with Crippen LogP contribution in [0.5, 0.6) is 0 Å². The Bertz CT molecular complexity index is 1270. The van der Waals surface area contributed by atoms with Crippen molar-refractivity contribution >= 4 is 33.0 Å². The standard InChI is InChI=1S/C29H32BrN3O3/c1-29(2)23-17-26(33-8-6-32(7-9-33)10-11-36-13-12-35-3)25(30)16-22(23)28(34)27-21-5-4-19(18-31)14-20(21)15-24(27)29/h4-5,14,16-17H,6-13,15H2,1-3H3. The van der Waals surface area contributed by atoms with Crippen molar-refractivity contribution in [1.29, 1.82) is 5.26 Å².